The van der Waals surface area contributed by atoms with E-state index in [0.717, 1.165) is 11.9 Å². The molecule has 12 atom stereocenters. The number of methoxy groups -OCH3 is 2. The number of Topliss-reactive ketones (excluding diaryl/α,β-unsaturated/α-hetero) is 1. The molecule has 19 nitrogen and oxygen atoms in total. The maximum atomic E-state index is 15.4. The first-order valence-electron chi connectivity index (χ1n) is 23.2. The minimum absolute atomic E-state index is 0.0339. The van der Waals surface area contributed by atoms with E-state index in [1.54, 1.807) is 84.0 Å². The molecule has 2 unspecified atom stereocenters. The highest BCUT2D eigenvalue weighted by Crippen LogP contribution is 2.64. The van der Waals surface area contributed by atoms with Crippen molar-refractivity contribution in [2.45, 2.75) is 106 Å². The molecule has 4 aromatic rings. The molecule has 72 heavy (non-hydrogen) atoms. The van der Waals surface area contributed by atoms with Crippen LogP contribution in [0.25, 0.3) is 0 Å². The summed E-state index contributed by atoms with van der Waals surface area (Å²) in [6, 6.07) is 26.6. The number of ether oxygens (including phenoxy) is 7. The zero-order valence-electron chi connectivity index (χ0n) is 40.0. The Morgan fingerprint density at radius 2 is 1.60 bits per heavy atom. The van der Waals surface area contributed by atoms with Gasteiger partial charge in [0, 0.05) is 46.9 Å². The summed E-state index contributed by atoms with van der Waals surface area (Å²) in [5, 5.41) is 60.5. The molecule has 380 valence electrons. The molecular formula is C52H54N2O17S. The van der Waals surface area contributed by atoms with E-state index in [4.69, 9.17) is 33.2 Å². The molecule has 3 aliphatic carbocycles. The zero-order chi connectivity index (χ0) is 51.7. The molecule has 4 aromatic carbocycles. The largest absolute Gasteiger partial charge is 0.506 e. The number of fused-ring (bicyclic) bond motifs is 5. The monoisotopic (exact) mass is 1010 g/mol. The zero-order valence-corrected chi connectivity index (χ0v) is 40.8. The van der Waals surface area contributed by atoms with Gasteiger partial charge in [0.05, 0.1) is 54.8 Å². The fraction of sp³-hybridized carbons (Fsp3) is 0.423. The third-order valence-corrected chi connectivity index (χ3v) is 16.6. The number of aliphatic hydroxyl groups is 3. The number of rotatable bonds is 12. The molecule has 5 aliphatic rings. The van der Waals surface area contributed by atoms with Crippen molar-refractivity contribution in [3.8, 4) is 11.5 Å². The number of carbonyl (C=O) groups is 4. The van der Waals surface area contributed by atoms with Crippen molar-refractivity contribution < 1.29 is 77.7 Å². The Hall–Kier alpha value is -6.39. The van der Waals surface area contributed by atoms with Crippen LogP contribution in [-0.2, 0) is 33.3 Å². The summed E-state index contributed by atoms with van der Waals surface area (Å²) in [5.41, 5.74) is -7.35. The van der Waals surface area contributed by atoms with Gasteiger partial charge >= 0.3 is 18.1 Å². The van der Waals surface area contributed by atoms with E-state index >= 15 is 9.59 Å². The topological polar surface area (TPSA) is 260 Å². The van der Waals surface area contributed by atoms with Crippen LogP contribution in [0, 0.1) is 26.9 Å². The smallest absolute Gasteiger partial charge is 0.497 e. The fourth-order valence-electron chi connectivity index (χ4n) is 11.7. The quantitative estimate of drug-likeness (QED) is 0.0293. The Morgan fingerprint density at radius 3 is 2.22 bits per heavy atom. The SMILES string of the molecule is COc1ccc(C2OC(C(=O)O[C@H]3C[C@@]4(O)[C@@H](OC(=O)c5ccccc5)[C@@H]5[C@]6(OC(=O)O)CO[C@@H]6C[C@H](O)[C@@]5(C)C(=O)[C@H](O)C(=C3C)C4(C)C)[C@H](c3ccccc3)N2Sc2cccc([N+](=O)[O-])c2)c(OC)c1. The van der Waals surface area contributed by atoms with Crippen LogP contribution in [0.15, 0.2) is 119 Å². The highest BCUT2D eigenvalue weighted by atomic mass is 32.2. The average Bonchev–Trinajstić information content (AvgIpc) is 3.73. The van der Waals surface area contributed by atoms with Crippen molar-refractivity contribution in [3.05, 3.63) is 141 Å². The third-order valence-electron chi connectivity index (χ3n) is 15.5. The van der Waals surface area contributed by atoms with E-state index in [1.807, 2.05) is 0 Å². The summed E-state index contributed by atoms with van der Waals surface area (Å²) in [5.74, 6) is -3.85. The lowest BCUT2D eigenvalue weighted by Crippen LogP contribution is -2.81. The molecule has 9 rings (SSSR count). The predicted molar refractivity (Wildman–Crippen MR) is 254 cm³/mol. The first-order chi connectivity index (χ1) is 34.2. The van der Waals surface area contributed by atoms with Crippen LogP contribution in [0.4, 0.5) is 10.5 Å². The number of hydrogen-bond donors (Lipinski definition) is 4. The second kappa shape index (κ2) is 18.9. The van der Waals surface area contributed by atoms with Crippen LogP contribution in [0.2, 0.25) is 0 Å². The lowest BCUT2D eigenvalue weighted by atomic mass is 9.44. The van der Waals surface area contributed by atoms with Crippen molar-refractivity contribution in [3.63, 3.8) is 0 Å². The van der Waals surface area contributed by atoms with E-state index in [2.05, 4.69) is 0 Å². The van der Waals surface area contributed by atoms with E-state index in [0.29, 0.717) is 27.5 Å². The number of nitro groups is 1. The second-order valence-electron chi connectivity index (χ2n) is 19.4. The lowest BCUT2D eigenvalue weighted by Gasteiger charge is -2.67. The first kappa shape index (κ1) is 50.5. The molecular weight excluding hydrogens is 957 g/mol. The Balaban J connectivity index is 1.18. The molecule has 20 heteroatoms. The number of esters is 2. The van der Waals surface area contributed by atoms with Gasteiger partial charge in [0.15, 0.2) is 23.7 Å². The molecule has 2 bridgehead atoms. The summed E-state index contributed by atoms with van der Waals surface area (Å²) < 4.78 is 44.2. The van der Waals surface area contributed by atoms with Crippen LogP contribution in [0.3, 0.4) is 0 Å². The van der Waals surface area contributed by atoms with Gasteiger partial charge in [-0.25, -0.2) is 18.7 Å². The molecule has 2 saturated heterocycles. The van der Waals surface area contributed by atoms with Crippen LogP contribution in [0.1, 0.15) is 74.3 Å². The van der Waals surface area contributed by atoms with Crippen molar-refractivity contribution in [1.29, 1.82) is 0 Å². The molecule has 2 saturated carbocycles. The summed E-state index contributed by atoms with van der Waals surface area (Å²) in [4.78, 5) is 69.5. The van der Waals surface area contributed by atoms with E-state index in [9.17, 15) is 40.1 Å². The van der Waals surface area contributed by atoms with Crippen LogP contribution in [-0.4, -0.2) is 122 Å². The Kier molecular flexibility index (Phi) is 13.3. The fourth-order valence-corrected chi connectivity index (χ4v) is 12.9. The predicted octanol–water partition coefficient (Wildman–Crippen LogP) is 6.54. The van der Waals surface area contributed by atoms with Crippen molar-refractivity contribution in [2.24, 2.45) is 16.7 Å². The molecule has 4 N–H and O–H groups in total. The van der Waals surface area contributed by atoms with Crippen LogP contribution < -0.4 is 9.47 Å². The number of nitrogens with zero attached hydrogens (tertiary/aromatic N) is 2. The molecule has 0 radical (unpaired) electrons. The van der Waals surface area contributed by atoms with Gasteiger partial charge in [0.1, 0.15) is 41.5 Å². The summed E-state index contributed by atoms with van der Waals surface area (Å²) in [6.07, 6.45) is -13.5. The maximum Gasteiger partial charge on any atom is 0.506 e. The number of nitro benzene ring substituents is 1. The number of aliphatic hydroxyl groups excluding tert-OH is 2. The molecule has 0 amide bonds. The normalized spacial score (nSPS) is 32.7. The third kappa shape index (κ3) is 8.09. The number of ketones is 1. The van der Waals surface area contributed by atoms with Gasteiger partial charge in [-0.3, -0.25) is 14.9 Å². The number of non-ortho nitro benzene ring substituents is 1. The Bertz CT molecular complexity index is 2830. The molecule has 4 fully saturated rings. The van der Waals surface area contributed by atoms with Gasteiger partial charge in [-0.2, -0.15) is 0 Å². The Labute approximate surface area is 417 Å². The molecule has 0 aromatic heterocycles. The van der Waals surface area contributed by atoms with Gasteiger partial charge in [-0.05, 0) is 72.8 Å². The van der Waals surface area contributed by atoms with E-state index in [1.165, 1.54) is 65.3 Å². The number of carbonyl (C=O) groups excluding carboxylic acids is 3. The van der Waals surface area contributed by atoms with Gasteiger partial charge in [0.25, 0.3) is 5.69 Å². The average molecular weight is 1010 g/mol. The summed E-state index contributed by atoms with van der Waals surface area (Å²) >= 11 is 1.08. The first-order valence-corrected chi connectivity index (χ1v) is 24.0. The van der Waals surface area contributed by atoms with Crippen molar-refractivity contribution in [2.75, 3.05) is 20.8 Å². The summed E-state index contributed by atoms with van der Waals surface area (Å²) in [6.45, 7) is 5.48. The van der Waals surface area contributed by atoms with Gasteiger partial charge < -0.3 is 53.6 Å². The van der Waals surface area contributed by atoms with Crippen LogP contribution >= 0.6 is 11.9 Å². The minimum Gasteiger partial charge on any atom is -0.497 e. The highest BCUT2D eigenvalue weighted by molar-refractivity contribution is 7.97. The number of hydrogen-bond acceptors (Lipinski definition) is 18. The van der Waals surface area contributed by atoms with Crippen molar-refractivity contribution >= 4 is 41.5 Å². The standard InChI is InChI=1S/C52H54N2O17S/c1-27-35(68-47(59)41-39(28-14-9-7-10-15-28)53(72-32-19-13-18-30(22-32)54(63)64)45(69-41)33-21-20-31(65-5)23-34(33)66-6)25-52(62)44(70-46(58)29-16-11-8-12-17-29)42-50(4,43(57)40(56)38(27)49(52,2)3)36(55)24-37-51(42,26-67-37)71-48(60)61/h7-23,35-37,39-42,44-45,55-56,62H,24-26H2,1-6H3,(H,60,61)/t35-,36-,37+,39-,40+,41?,42-,44-,45?,50+,51-,52+/m0/s1. The van der Waals surface area contributed by atoms with Gasteiger partial charge in [-0.1, -0.05) is 68.4 Å². The second-order valence-corrected chi connectivity index (χ2v) is 20.5. The Morgan fingerprint density at radius 1 is 0.903 bits per heavy atom. The molecule has 0 spiro atoms. The van der Waals surface area contributed by atoms with Crippen molar-refractivity contribution in [1.82, 2.24) is 4.31 Å². The molecule has 2 heterocycles. The van der Waals surface area contributed by atoms with Gasteiger partial charge in [0.2, 0.25) is 0 Å². The lowest BCUT2D eigenvalue weighted by molar-refractivity contribution is -0.385. The van der Waals surface area contributed by atoms with E-state index < -0.39 is 119 Å². The maximum absolute atomic E-state index is 15.4. The number of benzene rings is 4. The number of carboxylic acid groups (broad SMARTS) is 1. The van der Waals surface area contributed by atoms with E-state index in [-0.39, 0.29) is 28.8 Å². The molecule has 2 aliphatic heterocycles. The summed E-state index contributed by atoms with van der Waals surface area (Å²) in [7, 11) is 2.94. The minimum atomic E-state index is -2.45. The van der Waals surface area contributed by atoms with Gasteiger partial charge in [-0.15, -0.1) is 0 Å². The van der Waals surface area contributed by atoms with Crippen LogP contribution in [0.5, 0.6) is 11.5 Å². The highest BCUT2D eigenvalue weighted by Gasteiger charge is 2.78.